The number of fused-ring (bicyclic) bond motifs is 5. The van der Waals surface area contributed by atoms with Crippen molar-refractivity contribution >= 4 is 27.1 Å². The van der Waals surface area contributed by atoms with Gasteiger partial charge in [-0.15, -0.1) is 0 Å². The van der Waals surface area contributed by atoms with Crippen molar-refractivity contribution in [2.24, 2.45) is 0 Å². The molecule has 0 aliphatic heterocycles. The summed E-state index contributed by atoms with van der Waals surface area (Å²) < 4.78 is 0. The Hall–Kier alpha value is -5.82. The van der Waals surface area contributed by atoms with Crippen LogP contribution in [0.15, 0.2) is 78.5 Å². The summed E-state index contributed by atoms with van der Waals surface area (Å²) in [5, 5.41) is 33.1. The van der Waals surface area contributed by atoms with Crippen molar-refractivity contribution in [1.29, 1.82) is 15.8 Å². The monoisotopic (exact) mass is 456 g/mol. The van der Waals surface area contributed by atoms with Crippen molar-refractivity contribution in [1.82, 2.24) is 9.97 Å². The van der Waals surface area contributed by atoms with E-state index in [0.717, 1.165) is 32.7 Å². The number of rotatable bonds is 1. The molecule has 6 heteroatoms. The normalized spacial score (nSPS) is 12.7. The molecule has 6 nitrogen and oxygen atoms in total. The Morgan fingerprint density at radius 1 is 0.722 bits per heavy atom. The van der Waals surface area contributed by atoms with Gasteiger partial charge in [-0.25, -0.2) is 20.1 Å². The van der Waals surface area contributed by atoms with Gasteiger partial charge in [0, 0.05) is 11.1 Å². The summed E-state index contributed by atoms with van der Waals surface area (Å²) in [4.78, 5) is 12.2. The zero-order valence-corrected chi connectivity index (χ0v) is 18.6. The Morgan fingerprint density at radius 3 is 1.92 bits per heavy atom. The molecule has 1 aromatic heterocycles. The zero-order valence-electron chi connectivity index (χ0n) is 18.6. The average Bonchev–Trinajstić information content (AvgIpc) is 3.24. The molecular formula is C30H12N6. The SMILES string of the molecule is [C-]#[N+]/C(C#N)=C1\c2cc(-c3c4ccccc4cc4ccccc34)ccc2-c2nc(C#N)c(C#N)nc21. The molecule has 162 valence electrons. The third-order valence-corrected chi connectivity index (χ3v) is 6.40. The summed E-state index contributed by atoms with van der Waals surface area (Å²) >= 11 is 0. The second-order valence-electron chi connectivity index (χ2n) is 8.24. The van der Waals surface area contributed by atoms with Crippen molar-refractivity contribution in [3.63, 3.8) is 0 Å². The van der Waals surface area contributed by atoms with Crippen LogP contribution in [0.4, 0.5) is 0 Å². The lowest BCUT2D eigenvalue weighted by molar-refractivity contribution is 1.12. The van der Waals surface area contributed by atoms with Crippen LogP contribution in [0.3, 0.4) is 0 Å². The second kappa shape index (κ2) is 7.89. The largest absolute Gasteiger partial charge is 0.271 e. The first-order valence-corrected chi connectivity index (χ1v) is 11.0. The molecule has 0 atom stereocenters. The molecule has 0 spiro atoms. The average molecular weight is 456 g/mol. The van der Waals surface area contributed by atoms with E-state index in [9.17, 15) is 15.8 Å². The highest BCUT2D eigenvalue weighted by Gasteiger charge is 2.31. The van der Waals surface area contributed by atoms with Crippen LogP contribution in [0, 0.1) is 40.6 Å². The number of nitriles is 3. The van der Waals surface area contributed by atoms with Gasteiger partial charge in [-0.05, 0) is 50.4 Å². The van der Waals surface area contributed by atoms with Gasteiger partial charge in [-0.1, -0.05) is 60.7 Å². The minimum absolute atomic E-state index is 0.0890. The highest BCUT2D eigenvalue weighted by Crippen LogP contribution is 2.47. The number of aromatic nitrogens is 2. The minimum Gasteiger partial charge on any atom is -0.233 e. The number of hydrogen-bond acceptors (Lipinski definition) is 5. The maximum Gasteiger partial charge on any atom is 0.271 e. The van der Waals surface area contributed by atoms with Crippen LogP contribution in [0.5, 0.6) is 0 Å². The molecule has 6 rings (SSSR count). The van der Waals surface area contributed by atoms with Crippen molar-refractivity contribution in [2.45, 2.75) is 0 Å². The second-order valence-corrected chi connectivity index (χ2v) is 8.24. The van der Waals surface area contributed by atoms with Crippen LogP contribution in [0.25, 0.3) is 54.3 Å². The Kier molecular flexibility index (Phi) is 4.55. The fraction of sp³-hybridized carbons (Fsp3) is 0. The summed E-state index contributed by atoms with van der Waals surface area (Å²) in [6, 6.07) is 30.1. The standard InChI is InChI=1S/C30H12N6/c1-34-26(16-33)28-23-13-19(10-11-22(23)29-30(28)36-25(15-32)24(14-31)35-29)27-20-8-4-2-6-17(20)12-18-7-3-5-9-21(18)27/h2-13H/b28-26+. The molecule has 5 aromatic rings. The molecule has 36 heavy (non-hydrogen) atoms. The fourth-order valence-corrected chi connectivity index (χ4v) is 4.90. The van der Waals surface area contributed by atoms with Gasteiger partial charge in [0.2, 0.25) is 0 Å². The van der Waals surface area contributed by atoms with Crippen molar-refractivity contribution in [3.8, 4) is 40.6 Å². The molecule has 0 saturated carbocycles. The lowest BCUT2D eigenvalue weighted by atomic mass is 9.90. The fourth-order valence-electron chi connectivity index (χ4n) is 4.90. The van der Waals surface area contributed by atoms with Gasteiger partial charge in [0.15, 0.2) is 11.4 Å². The number of benzene rings is 4. The van der Waals surface area contributed by atoms with E-state index < -0.39 is 0 Å². The highest BCUT2D eigenvalue weighted by atomic mass is 14.9. The van der Waals surface area contributed by atoms with Gasteiger partial charge >= 0.3 is 0 Å². The first-order valence-electron chi connectivity index (χ1n) is 11.0. The van der Waals surface area contributed by atoms with Gasteiger partial charge < -0.3 is 0 Å². The highest BCUT2D eigenvalue weighted by molar-refractivity contribution is 6.13. The van der Waals surface area contributed by atoms with Gasteiger partial charge in [-0.3, -0.25) is 0 Å². The maximum atomic E-state index is 9.75. The lowest BCUT2D eigenvalue weighted by Crippen LogP contribution is -2.00. The van der Waals surface area contributed by atoms with Gasteiger partial charge in [0.1, 0.15) is 12.1 Å². The van der Waals surface area contributed by atoms with E-state index in [2.05, 4.69) is 45.1 Å². The lowest BCUT2D eigenvalue weighted by Gasteiger charge is -2.13. The van der Waals surface area contributed by atoms with Gasteiger partial charge in [-0.2, -0.15) is 10.5 Å². The van der Waals surface area contributed by atoms with E-state index >= 15 is 0 Å². The van der Waals surface area contributed by atoms with Crippen molar-refractivity contribution in [2.75, 3.05) is 0 Å². The molecule has 0 saturated heterocycles. The Balaban J connectivity index is 1.72. The zero-order chi connectivity index (χ0) is 24.8. The number of allylic oxidation sites excluding steroid dienone is 1. The third kappa shape index (κ3) is 2.87. The van der Waals surface area contributed by atoms with Crippen molar-refractivity contribution in [3.05, 3.63) is 113 Å². The summed E-state index contributed by atoms with van der Waals surface area (Å²) in [7, 11) is 0. The quantitative estimate of drug-likeness (QED) is 0.162. The van der Waals surface area contributed by atoms with Crippen LogP contribution in [-0.4, -0.2) is 9.97 Å². The molecule has 4 aromatic carbocycles. The van der Waals surface area contributed by atoms with Gasteiger partial charge in [0.25, 0.3) is 5.70 Å². The summed E-state index contributed by atoms with van der Waals surface area (Å²) in [5.74, 6) is 0. The Morgan fingerprint density at radius 2 is 1.33 bits per heavy atom. The van der Waals surface area contributed by atoms with Gasteiger partial charge in [0.05, 0.1) is 24.0 Å². The first kappa shape index (κ1) is 20.8. The summed E-state index contributed by atoms with van der Waals surface area (Å²) in [5.41, 5.74) is 3.88. The summed E-state index contributed by atoms with van der Waals surface area (Å²) in [6.07, 6.45) is 0. The van der Waals surface area contributed by atoms with Crippen LogP contribution >= 0.6 is 0 Å². The minimum atomic E-state index is -0.141. The molecule has 0 amide bonds. The van der Waals surface area contributed by atoms with Crippen molar-refractivity contribution < 1.29 is 0 Å². The maximum absolute atomic E-state index is 9.75. The third-order valence-electron chi connectivity index (χ3n) is 6.40. The molecule has 0 radical (unpaired) electrons. The van der Waals surface area contributed by atoms with Crippen LogP contribution in [0.2, 0.25) is 0 Å². The predicted octanol–water partition coefficient (Wildman–Crippen LogP) is 6.38. The van der Waals surface area contributed by atoms with E-state index in [4.69, 9.17) is 6.57 Å². The smallest absolute Gasteiger partial charge is 0.233 e. The first-order chi connectivity index (χ1) is 17.7. The molecule has 0 bridgehead atoms. The van der Waals surface area contributed by atoms with Crippen LogP contribution in [0.1, 0.15) is 22.6 Å². The van der Waals surface area contributed by atoms with E-state index in [1.165, 1.54) is 0 Å². The topological polar surface area (TPSA) is 102 Å². The Labute approximate surface area is 206 Å². The predicted molar refractivity (Wildman–Crippen MR) is 136 cm³/mol. The molecule has 0 unspecified atom stereocenters. The molecule has 1 aliphatic rings. The van der Waals surface area contributed by atoms with E-state index in [1.54, 1.807) is 0 Å². The van der Waals surface area contributed by atoms with Crippen LogP contribution < -0.4 is 0 Å². The molecule has 1 aliphatic carbocycles. The number of nitrogens with zero attached hydrogens (tertiary/aromatic N) is 6. The van der Waals surface area contributed by atoms with E-state index in [-0.39, 0.29) is 22.8 Å². The Bertz CT molecular complexity index is 1920. The van der Waals surface area contributed by atoms with Crippen LogP contribution in [-0.2, 0) is 0 Å². The summed E-state index contributed by atoms with van der Waals surface area (Å²) in [6.45, 7) is 7.60. The molecular weight excluding hydrogens is 444 g/mol. The van der Waals surface area contributed by atoms with E-state index in [0.29, 0.717) is 22.4 Å². The molecule has 0 fully saturated rings. The van der Waals surface area contributed by atoms with E-state index in [1.807, 2.05) is 60.7 Å². The number of hydrogen-bond donors (Lipinski definition) is 0. The molecule has 1 heterocycles. The molecule has 0 N–H and O–H groups in total.